The molecule has 0 aliphatic carbocycles. The Bertz CT molecular complexity index is 890. The number of anilines is 1. The van der Waals surface area contributed by atoms with Crippen molar-refractivity contribution in [2.45, 2.75) is 0 Å². The van der Waals surface area contributed by atoms with Gasteiger partial charge in [0.05, 0.1) is 11.3 Å². The Balaban J connectivity index is 1.69. The number of para-hydroxylation sites is 1. The lowest BCUT2D eigenvalue weighted by molar-refractivity contribution is 0.0697. The highest BCUT2D eigenvalue weighted by Crippen LogP contribution is 2.31. The van der Waals surface area contributed by atoms with E-state index in [1.54, 1.807) is 30.5 Å². The summed E-state index contributed by atoms with van der Waals surface area (Å²) in [6.45, 7) is 0. The summed E-state index contributed by atoms with van der Waals surface area (Å²) in [4.78, 5) is 17.2. The molecule has 2 aromatic carbocycles. The SMILES string of the molecule is CN1C=C/C(=C/C=C\C=Nc2ccc(C(=O)O)cc2)c2ccccc21. The van der Waals surface area contributed by atoms with Crippen LogP contribution in [-0.2, 0) is 0 Å². The van der Waals surface area contributed by atoms with E-state index in [2.05, 4.69) is 28.1 Å². The van der Waals surface area contributed by atoms with Gasteiger partial charge >= 0.3 is 5.97 Å². The zero-order valence-electron chi connectivity index (χ0n) is 13.8. The largest absolute Gasteiger partial charge is 0.478 e. The molecule has 0 atom stereocenters. The second-order valence-corrected chi connectivity index (χ2v) is 5.58. The number of carboxylic acids is 1. The third-order valence-corrected chi connectivity index (χ3v) is 3.88. The van der Waals surface area contributed by atoms with Crippen LogP contribution in [0.15, 0.2) is 84.0 Å². The van der Waals surface area contributed by atoms with Crippen molar-refractivity contribution in [3.8, 4) is 0 Å². The highest BCUT2D eigenvalue weighted by molar-refractivity contribution is 5.88. The van der Waals surface area contributed by atoms with Gasteiger partial charge in [0.15, 0.2) is 0 Å². The number of aromatic carboxylic acids is 1. The Labute approximate surface area is 146 Å². The molecule has 0 aromatic heterocycles. The fraction of sp³-hybridized carbons (Fsp3) is 0.0476. The Morgan fingerprint density at radius 1 is 1.08 bits per heavy atom. The highest BCUT2D eigenvalue weighted by atomic mass is 16.4. The predicted molar refractivity (Wildman–Crippen MR) is 103 cm³/mol. The predicted octanol–water partition coefficient (Wildman–Crippen LogP) is 4.69. The number of hydrogen-bond donors (Lipinski definition) is 1. The lowest BCUT2D eigenvalue weighted by Gasteiger charge is -2.23. The molecule has 25 heavy (non-hydrogen) atoms. The molecular formula is C21H18N2O2. The zero-order chi connectivity index (χ0) is 17.6. The van der Waals surface area contributed by atoms with Crippen molar-refractivity contribution < 1.29 is 9.90 Å². The van der Waals surface area contributed by atoms with E-state index in [1.807, 2.05) is 43.6 Å². The van der Waals surface area contributed by atoms with Crippen LogP contribution in [0.5, 0.6) is 0 Å². The van der Waals surface area contributed by atoms with Crippen LogP contribution in [0, 0.1) is 0 Å². The Morgan fingerprint density at radius 3 is 2.60 bits per heavy atom. The van der Waals surface area contributed by atoms with E-state index in [0.29, 0.717) is 5.69 Å². The maximum absolute atomic E-state index is 10.8. The molecule has 1 aliphatic heterocycles. The van der Waals surface area contributed by atoms with Crippen LogP contribution in [0.25, 0.3) is 5.57 Å². The van der Waals surface area contributed by atoms with Gasteiger partial charge < -0.3 is 10.0 Å². The van der Waals surface area contributed by atoms with Gasteiger partial charge in [0.2, 0.25) is 0 Å². The molecule has 3 rings (SSSR count). The molecule has 0 amide bonds. The molecule has 0 bridgehead atoms. The molecule has 0 spiro atoms. The minimum Gasteiger partial charge on any atom is -0.478 e. The molecule has 2 aromatic rings. The van der Waals surface area contributed by atoms with Gasteiger partial charge in [-0.15, -0.1) is 0 Å². The third-order valence-electron chi connectivity index (χ3n) is 3.88. The second-order valence-electron chi connectivity index (χ2n) is 5.58. The summed E-state index contributed by atoms with van der Waals surface area (Å²) in [6, 6.07) is 14.7. The second kappa shape index (κ2) is 7.45. The lowest BCUT2D eigenvalue weighted by Crippen LogP contribution is -2.13. The van der Waals surface area contributed by atoms with Gasteiger partial charge in [-0.1, -0.05) is 30.4 Å². The summed E-state index contributed by atoms with van der Waals surface area (Å²) in [5.41, 5.74) is 4.48. The molecule has 4 heteroatoms. The number of fused-ring (bicyclic) bond motifs is 1. The molecule has 0 saturated carbocycles. The van der Waals surface area contributed by atoms with Crippen LogP contribution in [0.1, 0.15) is 15.9 Å². The first-order chi connectivity index (χ1) is 12.1. The smallest absolute Gasteiger partial charge is 0.335 e. The number of carboxylic acid groups (broad SMARTS) is 1. The Kier molecular flexibility index (Phi) is 4.90. The van der Waals surface area contributed by atoms with Crippen LogP contribution in [0.4, 0.5) is 11.4 Å². The van der Waals surface area contributed by atoms with Crippen molar-refractivity contribution in [1.82, 2.24) is 0 Å². The van der Waals surface area contributed by atoms with Crippen LogP contribution in [0.2, 0.25) is 0 Å². The number of benzene rings is 2. The fourth-order valence-corrected chi connectivity index (χ4v) is 2.56. The summed E-state index contributed by atoms with van der Waals surface area (Å²) in [5.74, 6) is -0.937. The van der Waals surface area contributed by atoms with Gasteiger partial charge in [0, 0.05) is 30.7 Å². The van der Waals surface area contributed by atoms with Crippen molar-refractivity contribution in [2.24, 2.45) is 4.99 Å². The average molecular weight is 330 g/mol. The normalized spacial score (nSPS) is 15.2. The first-order valence-electron chi connectivity index (χ1n) is 7.90. The van der Waals surface area contributed by atoms with Crippen molar-refractivity contribution in [1.29, 1.82) is 0 Å². The molecular weight excluding hydrogens is 312 g/mol. The molecule has 0 radical (unpaired) electrons. The minimum absolute atomic E-state index is 0.256. The first-order valence-corrected chi connectivity index (χ1v) is 7.90. The number of hydrogen-bond acceptors (Lipinski definition) is 3. The maximum atomic E-state index is 10.8. The molecule has 4 nitrogen and oxygen atoms in total. The van der Waals surface area contributed by atoms with E-state index < -0.39 is 5.97 Å². The van der Waals surface area contributed by atoms with Gasteiger partial charge in [-0.3, -0.25) is 4.99 Å². The lowest BCUT2D eigenvalue weighted by atomic mass is 10.00. The number of aliphatic imine (C=N–C) groups is 1. The molecule has 0 unspecified atom stereocenters. The summed E-state index contributed by atoms with van der Waals surface area (Å²) in [6.07, 6.45) is 11.7. The summed E-state index contributed by atoms with van der Waals surface area (Å²) < 4.78 is 0. The van der Waals surface area contributed by atoms with E-state index in [-0.39, 0.29) is 5.56 Å². The molecule has 0 fully saturated rings. The number of carbonyl (C=O) groups is 1. The maximum Gasteiger partial charge on any atom is 0.335 e. The monoisotopic (exact) mass is 330 g/mol. The van der Waals surface area contributed by atoms with Gasteiger partial charge in [0.1, 0.15) is 0 Å². The highest BCUT2D eigenvalue weighted by Gasteiger charge is 2.11. The number of nitrogens with zero attached hydrogens (tertiary/aromatic N) is 2. The van der Waals surface area contributed by atoms with E-state index in [1.165, 1.54) is 11.3 Å². The average Bonchev–Trinajstić information content (AvgIpc) is 2.64. The topological polar surface area (TPSA) is 52.9 Å². The van der Waals surface area contributed by atoms with E-state index >= 15 is 0 Å². The van der Waals surface area contributed by atoms with Crippen molar-refractivity contribution in [2.75, 3.05) is 11.9 Å². The number of allylic oxidation sites excluding steroid dienone is 5. The molecule has 0 saturated heterocycles. The van der Waals surface area contributed by atoms with Gasteiger partial charge in [-0.2, -0.15) is 0 Å². The van der Waals surface area contributed by atoms with E-state index in [0.717, 1.165) is 5.57 Å². The quantitative estimate of drug-likeness (QED) is 0.827. The van der Waals surface area contributed by atoms with Crippen molar-refractivity contribution in [3.63, 3.8) is 0 Å². The van der Waals surface area contributed by atoms with Crippen LogP contribution >= 0.6 is 0 Å². The third kappa shape index (κ3) is 3.93. The van der Waals surface area contributed by atoms with E-state index in [9.17, 15) is 4.79 Å². The van der Waals surface area contributed by atoms with E-state index in [4.69, 9.17) is 5.11 Å². The van der Waals surface area contributed by atoms with Gasteiger partial charge in [0.25, 0.3) is 0 Å². The van der Waals surface area contributed by atoms with Crippen LogP contribution in [0.3, 0.4) is 0 Å². The summed E-state index contributed by atoms with van der Waals surface area (Å²) in [5, 5.41) is 8.87. The molecule has 124 valence electrons. The van der Waals surface area contributed by atoms with Gasteiger partial charge in [-0.05, 0) is 48.1 Å². The van der Waals surface area contributed by atoms with Gasteiger partial charge in [-0.25, -0.2) is 4.79 Å². The first kappa shape index (κ1) is 16.5. The van der Waals surface area contributed by atoms with Crippen molar-refractivity contribution in [3.05, 3.63) is 90.2 Å². The molecule has 1 aliphatic rings. The molecule has 1 N–H and O–H groups in total. The Hall–Kier alpha value is -3.40. The van der Waals surface area contributed by atoms with Crippen molar-refractivity contribution >= 4 is 29.1 Å². The minimum atomic E-state index is -0.937. The Morgan fingerprint density at radius 2 is 1.84 bits per heavy atom. The molecule has 1 heterocycles. The standard InChI is InChI=1S/C21H18N2O2/c1-23-15-13-16(19-7-2-3-8-20(19)23)6-4-5-14-22-18-11-9-17(10-12-18)21(24)25/h2-15H,1H3,(H,24,25)/b5-4-,16-6-,22-14?. The van der Waals surface area contributed by atoms with Crippen LogP contribution in [-0.4, -0.2) is 24.3 Å². The summed E-state index contributed by atoms with van der Waals surface area (Å²) >= 11 is 0. The summed E-state index contributed by atoms with van der Waals surface area (Å²) in [7, 11) is 2.03. The zero-order valence-corrected chi connectivity index (χ0v) is 13.8. The number of rotatable bonds is 4. The fourth-order valence-electron chi connectivity index (χ4n) is 2.56. The van der Waals surface area contributed by atoms with Crippen LogP contribution < -0.4 is 4.90 Å².